The Morgan fingerprint density at radius 2 is 2.27 bits per heavy atom. The number of carbonyl (C=O) groups excluding carboxylic acids is 2. The molecule has 0 aliphatic heterocycles. The van der Waals surface area contributed by atoms with Gasteiger partial charge in [-0.25, -0.2) is 0 Å². The summed E-state index contributed by atoms with van der Waals surface area (Å²) in [6, 6.07) is -0.654. The van der Waals surface area contributed by atoms with Crippen LogP contribution in [0.1, 0.15) is 13.3 Å². The van der Waals surface area contributed by atoms with Gasteiger partial charge in [-0.2, -0.15) is 0 Å². The predicted molar refractivity (Wildman–Crippen MR) is 40.2 cm³/mol. The molecule has 0 aliphatic carbocycles. The first-order chi connectivity index (χ1) is 5.11. The fourth-order valence-electron chi connectivity index (χ4n) is 0.574. The molecular formula is C7H10N2O2. The van der Waals surface area contributed by atoms with Crippen LogP contribution in [-0.4, -0.2) is 17.9 Å². The van der Waals surface area contributed by atoms with Gasteiger partial charge >= 0.3 is 0 Å². The molecule has 0 spiro atoms. The average Bonchev–Trinajstić information content (AvgIpc) is 1.99. The summed E-state index contributed by atoms with van der Waals surface area (Å²) in [5.74, 6) is 0.639. The fraction of sp³-hybridized carbons (Fsp3) is 0.429. The van der Waals surface area contributed by atoms with Gasteiger partial charge in [-0.05, 0) is 12.3 Å². The zero-order chi connectivity index (χ0) is 8.85. The van der Waals surface area contributed by atoms with Crippen molar-refractivity contribution in [1.82, 2.24) is 5.32 Å². The summed E-state index contributed by atoms with van der Waals surface area (Å²) in [5, 5.41) is 2.27. The first-order valence-corrected chi connectivity index (χ1v) is 3.18. The Labute approximate surface area is 65.1 Å². The smallest absolute Gasteiger partial charge is 0.296 e. The third-order valence-corrected chi connectivity index (χ3v) is 1.19. The Morgan fingerprint density at radius 3 is 2.55 bits per heavy atom. The van der Waals surface area contributed by atoms with Crippen molar-refractivity contribution in [1.29, 1.82) is 0 Å². The second-order valence-corrected chi connectivity index (χ2v) is 1.98. The van der Waals surface area contributed by atoms with E-state index in [9.17, 15) is 9.59 Å². The number of primary amides is 1. The zero-order valence-corrected chi connectivity index (χ0v) is 6.26. The van der Waals surface area contributed by atoms with Gasteiger partial charge in [0.15, 0.2) is 0 Å². The molecule has 0 fully saturated rings. The van der Waals surface area contributed by atoms with Crippen LogP contribution in [0, 0.1) is 12.3 Å². The predicted octanol–water partition coefficient (Wildman–Crippen LogP) is -1.00. The monoisotopic (exact) mass is 154 g/mol. The fourth-order valence-corrected chi connectivity index (χ4v) is 0.574. The van der Waals surface area contributed by atoms with E-state index in [-0.39, 0.29) is 0 Å². The molecule has 4 nitrogen and oxygen atoms in total. The third-order valence-electron chi connectivity index (χ3n) is 1.19. The van der Waals surface area contributed by atoms with E-state index >= 15 is 0 Å². The number of nitrogens with two attached hydrogens (primary N) is 1. The van der Waals surface area contributed by atoms with Gasteiger partial charge in [-0.15, -0.1) is 6.42 Å². The molecule has 1 atom stereocenters. The van der Waals surface area contributed by atoms with Crippen LogP contribution in [0.3, 0.4) is 0 Å². The Hall–Kier alpha value is -1.50. The van der Waals surface area contributed by atoms with Crippen LogP contribution in [-0.2, 0) is 9.59 Å². The number of hydrogen-bond donors (Lipinski definition) is 2. The van der Waals surface area contributed by atoms with Crippen molar-refractivity contribution in [3.63, 3.8) is 0 Å². The van der Waals surface area contributed by atoms with E-state index < -0.39 is 17.9 Å². The molecule has 0 unspecified atom stereocenters. The maximum atomic E-state index is 10.5. The molecule has 0 radical (unpaired) electrons. The summed E-state index contributed by atoms with van der Waals surface area (Å²) >= 11 is 0. The Morgan fingerprint density at radius 1 is 1.73 bits per heavy atom. The van der Waals surface area contributed by atoms with Gasteiger partial charge < -0.3 is 11.1 Å². The van der Waals surface area contributed by atoms with Gasteiger partial charge in [0.25, 0.3) is 5.91 Å². The van der Waals surface area contributed by atoms with E-state index in [1.54, 1.807) is 6.92 Å². The number of terminal acetylenes is 1. The van der Waals surface area contributed by atoms with Crippen molar-refractivity contribution in [2.24, 2.45) is 5.73 Å². The van der Waals surface area contributed by atoms with Crippen LogP contribution in [0.5, 0.6) is 0 Å². The zero-order valence-electron chi connectivity index (χ0n) is 6.26. The van der Waals surface area contributed by atoms with Gasteiger partial charge in [0, 0.05) is 0 Å². The van der Waals surface area contributed by atoms with Gasteiger partial charge in [0.1, 0.15) is 6.04 Å². The molecule has 0 heterocycles. The summed E-state index contributed by atoms with van der Waals surface area (Å²) in [6.07, 6.45) is 5.21. The summed E-state index contributed by atoms with van der Waals surface area (Å²) in [5.41, 5.74) is 4.93. The third kappa shape index (κ3) is 3.26. The number of rotatable bonds is 3. The summed E-state index contributed by atoms with van der Waals surface area (Å²) in [7, 11) is 0. The van der Waals surface area contributed by atoms with Crippen LogP contribution in [0.4, 0.5) is 0 Å². The molecule has 0 aliphatic rings. The van der Waals surface area contributed by atoms with E-state index in [1.165, 1.54) is 0 Å². The first-order valence-electron chi connectivity index (χ1n) is 3.18. The van der Waals surface area contributed by atoms with E-state index in [0.29, 0.717) is 6.42 Å². The highest BCUT2D eigenvalue weighted by molar-refractivity contribution is 5.96. The number of nitrogens with one attached hydrogen (secondary N) is 1. The minimum absolute atomic E-state index is 0.447. The van der Waals surface area contributed by atoms with Crippen LogP contribution in [0.25, 0.3) is 0 Å². The first kappa shape index (κ1) is 9.50. The summed E-state index contributed by atoms with van der Waals surface area (Å²) in [6.45, 7) is 1.73. The number of amides is 2. The molecule has 4 heteroatoms. The van der Waals surface area contributed by atoms with Gasteiger partial charge in [-0.3, -0.25) is 9.59 Å². The van der Waals surface area contributed by atoms with Crippen LogP contribution < -0.4 is 11.1 Å². The lowest BCUT2D eigenvalue weighted by atomic mass is 10.2. The van der Waals surface area contributed by atoms with E-state index in [2.05, 4.69) is 5.32 Å². The molecule has 11 heavy (non-hydrogen) atoms. The summed E-state index contributed by atoms with van der Waals surface area (Å²) < 4.78 is 0. The van der Waals surface area contributed by atoms with Crippen molar-refractivity contribution in [2.45, 2.75) is 19.4 Å². The maximum absolute atomic E-state index is 10.5. The van der Waals surface area contributed by atoms with E-state index in [1.807, 2.05) is 5.92 Å². The van der Waals surface area contributed by atoms with Crippen molar-refractivity contribution >= 4 is 11.8 Å². The minimum Gasteiger partial charge on any atom is -0.368 e. The Kier molecular flexibility index (Phi) is 3.75. The highest BCUT2D eigenvalue weighted by atomic mass is 16.2. The van der Waals surface area contributed by atoms with Gasteiger partial charge in [0.2, 0.25) is 5.91 Å². The molecule has 0 aromatic carbocycles. The molecule has 2 amide bonds. The molecule has 0 aromatic heterocycles. The average molecular weight is 154 g/mol. The Bertz CT molecular complexity index is 205. The molecule has 0 rings (SSSR count). The van der Waals surface area contributed by atoms with Crippen LogP contribution in [0.2, 0.25) is 0 Å². The van der Waals surface area contributed by atoms with Gasteiger partial charge in [0.05, 0.1) is 0 Å². The lowest BCUT2D eigenvalue weighted by Crippen LogP contribution is -2.43. The van der Waals surface area contributed by atoms with Crippen molar-refractivity contribution in [2.75, 3.05) is 0 Å². The normalized spacial score (nSPS) is 11.3. The maximum Gasteiger partial charge on any atom is 0.296 e. The second kappa shape index (κ2) is 4.34. The lowest BCUT2D eigenvalue weighted by Gasteiger charge is -2.09. The Balaban J connectivity index is 4.01. The number of hydrogen-bond acceptors (Lipinski definition) is 2. The molecule has 0 saturated carbocycles. The largest absolute Gasteiger partial charge is 0.368 e. The standard InChI is InChI=1S/C7H10N2O2/c1-3-5(7(8)11)9-6(10)4-2/h2,5H,3H2,1H3,(H2,8,11)(H,9,10)/t5-/m1/s1. The highest BCUT2D eigenvalue weighted by Crippen LogP contribution is 1.87. The van der Waals surface area contributed by atoms with E-state index in [4.69, 9.17) is 12.2 Å². The SMILES string of the molecule is C#CC(=O)N[C@H](CC)C(N)=O. The molecule has 3 N–H and O–H groups in total. The molecule has 0 saturated heterocycles. The van der Waals surface area contributed by atoms with Crippen molar-refractivity contribution < 1.29 is 9.59 Å². The molecular weight excluding hydrogens is 144 g/mol. The molecule has 0 aromatic rings. The topological polar surface area (TPSA) is 72.2 Å². The van der Waals surface area contributed by atoms with E-state index in [0.717, 1.165) is 0 Å². The minimum atomic E-state index is -0.654. The second-order valence-electron chi connectivity index (χ2n) is 1.98. The molecule has 60 valence electrons. The highest BCUT2D eigenvalue weighted by Gasteiger charge is 2.13. The van der Waals surface area contributed by atoms with Crippen molar-refractivity contribution in [3.8, 4) is 12.3 Å². The van der Waals surface area contributed by atoms with Crippen LogP contribution >= 0.6 is 0 Å². The molecule has 0 bridgehead atoms. The number of carbonyl (C=O) groups is 2. The summed E-state index contributed by atoms with van der Waals surface area (Å²) in [4.78, 5) is 21.1. The quantitative estimate of drug-likeness (QED) is 0.512. The lowest BCUT2D eigenvalue weighted by molar-refractivity contribution is -0.124. The van der Waals surface area contributed by atoms with Crippen molar-refractivity contribution in [3.05, 3.63) is 0 Å². The van der Waals surface area contributed by atoms with Gasteiger partial charge in [-0.1, -0.05) is 6.92 Å². The van der Waals surface area contributed by atoms with Crippen LogP contribution in [0.15, 0.2) is 0 Å².